The topological polar surface area (TPSA) is 49.7 Å². The minimum absolute atomic E-state index is 0.203. The summed E-state index contributed by atoms with van der Waals surface area (Å²) in [6, 6.07) is 8.24. The average molecular weight is 253 g/mol. The fourth-order valence-corrected chi connectivity index (χ4v) is 3.75. The van der Waals surface area contributed by atoms with Crippen LogP contribution >= 0.6 is 0 Å². The number of carbonyl (C=O) groups is 1. The van der Waals surface area contributed by atoms with E-state index in [-0.39, 0.29) is 5.92 Å². The van der Waals surface area contributed by atoms with E-state index in [2.05, 4.69) is 12.1 Å². The zero-order valence-electron chi connectivity index (χ0n) is 10.6. The minimum Gasteiger partial charge on any atom is -0.481 e. The van der Waals surface area contributed by atoms with E-state index >= 15 is 0 Å². The lowest BCUT2D eigenvalue weighted by molar-refractivity contribution is -0.141. The maximum Gasteiger partial charge on any atom is 0.306 e. The molecule has 3 heteroatoms. The predicted octanol–water partition coefficient (Wildman–Crippen LogP) is 1.63. The van der Waals surface area contributed by atoms with Crippen molar-refractivity contribution in [3.8, 4) is 0 Å². The number of para-hydroxylation sites is 1. The minimum atomic E-state index is -0.653. The van der Waals surface area contributed by atoms with Crippen molar-refractivity contribution < 1.29 is 9.90 Å². The molecule has 0 amide bonds. The lowest BCUT2D eigenvalue weighted by Crippen LogP contribution is -2.22. The molecule has 2 aliphatic carbocycles. The molecular formula is C16H15NO2. The number of benzene rings is 1. The Hall–Kier alpha value is -1.90. The molecule has 96 valence electrons. The molecule has 0 radical (unpaired) electrons. The number of fused-ring (bicyclic) bond motifs is 3. The number of hydrogen-bond donors (Lipinski definition) is 1. The number of hydrogen-bond acceptors (Lipinski definition) is 2. The number of aliphatic carboxylic acids is 1. The Morgan fingerprint density at radius 1 is 1.32 bits per heavy atom. The second-order valence-electron chi connectivity index (χ2n) is 5.69. The monoisotopic (exact) mass is 253 g/mol. The van der Waals surface area contributed by atoms with E-state index in [0.717, 1.165) is 30.3 Å². The van der Waals surface area contributed by atoms with Crippen molar-refractivity contribution in [3.63, 3.8) is 0 Å². The fraction of sp³-hybridized carbons (Fsp3) is 0.375. The maximum absolute atomic E-state index is 11.2. The first kappa shape index (κ1) is 11.0. The van der Waals surface area contributed by atoms with Crippen LogP contribution in [0.25, 0.3) is 5.57 Å². The molecule has 0 aromatic heterocycles. The van der Waals surface area contributed by atoms with E-state index in [1.165, 1.54) is 16.4 Å². The summed E-state index contributed by atoms with van der Waals surface area (Å²) in [6.07, 6.45) is 3.61. The van der Waals surface area contributed by atoms with Gasteiger partial charge in [-0.3, -0.25) is 4.79 Å². The lowest BCUT2D eigenvalue weighted by atomic mass is 9.85. The van der Waals surface area contributed by atoms with Gasteiger partial charge in [0.05, 0.1) is 17.0 Å². The first-order valence-corrected chi connectivity index (χ1v) is 6.87. The summed E-state index contributed by atoms with van der Waals surface area (Å²) in [6.45, 7) is 0. The number of rotatable bonds is 1. The van der Waals surface area contributed by atoms with Crippen molar-refractivity contribution in [1.82, 2.24) is 0 Å². The van der Waals surface area contributed by atoms with Crippen molar-refractivity contribution in [3.05, 3.63) is 46.1 Å². The molecule has 1 N–H and O–H groups in total. The standard InChI is InChI=1S/C16H15NO2/c18-16(19)10-7-9-5-6-12-11-3-1-2-4-14(11)17-15(12)13(9)8-10/h1-4,9-10H,5-8H2,(H,18,19). The van der Waals surface area contributed by atoms with Crippen LogP contribution in [-0.2, 0) is 4.79 Å². The van der Waals surface area contributed by atoms with Crippen molar-refractivity contribution in [2.24, 2.45) is 16.8 Å². The van der Waals surface area contributed by atoms with Crippen molar-refractivity contribution >= 4 is 11.5 Å². The molecule has 3 nitrogen and oxygen atoms in total. The van der Waals surface area contributed by atoms with E-state index in [4.69, 9.17) is 4.99 Å². The Morgan fingerprint density at radius 2 is 2.16 bits per heavy atom. The Balaban J connectivity index is 1.90. The molecule has 1 saturated carbocycles. The van der Waals surface area contributed by atoms with Gasteiger partial charge in [0.1, 0.15) is 0 Å². The summed E-state index contributed by atoms with van der Waals surface area (Å²) >= 11 is 0. The molecule has 0 spiro atoms. The molecule has 1 aliphatic heterocycles. The van der Waals surface area contributed by atoms with Crippen molar-refractivity contribution in [2.75, 3.05) is 0 Å². The van der Waals surface area contributed by atoms with Gasteiger partial charge >= 0.3 is 5.97 Å². The number of carboxylic acids is 1. The van der Waals surface area contributed by atoms with Gasteiger partial charge in [-0.25, -0.2) is 4.99 Å². The summed E-state index contributed by atoms with van der Waals surface area (Å²) in [5.74, 6) is -0.414. The number of nitrogens with zero attached hydrogens (tertiary/aromatic N) is 1. The third-order valence-electron chi connectivity index (χ3n) is 4.67. The molecule has 1 fully saturated rings. The first-order valence-electron chi connectivity index (χ1n) is 6.87. The smallest absolute Gasteiger partial charge is 0.306 e. The normalized spacial score (nSPS) is 27.7. The molecule has 0 saturated heterocycles. The highest BCUT2D eigenvalue weighted by atomic mass is 16.4. The van der Waals surface area contributed by atoms with Gasteiger partial charge in [0, 0.05) is 5.22 Å². The van der Waals surface area contributed by atoms with Gasteiger partial charge in [-0.15, -0.1) is 0 Å². The third-order valence-corrected chi connectivity index (χ3v) is 4.67. The quantitative estimate of drug-likeness (QED) is 0.827. The van der Waals surface area contributed by atoms with Crippen molar-refractivity contribution in [1.29, 1.82) is 0 Å². The highest BCUT2D eigenvalue weighted by molar-refractivity contribution is 5.74. The molecule has 1 aromatic rings. The maximum atomic E-state index is 11.2. The average Bonchev–Trinajstić information content (AvgIpc) is 2.99. The second kappa shape index (κ2) is 3.80. The van der Waals surface area contributed by atoms with Crippen LogP contribution in [0.15, 0.2) is 40.5 Å². The van der Waals surface area contributed by atoms with Gasteiger partial charge in [-0.2, -0.15) is 0 Å². The highest BCUT2D eigenvalue weighted by Gasteiger charge is 2.39. The molecule has 2 atom stereocenters. The SMILES string of the molecule is O=C(O)C1CC2=C3N=c4ccccc4=C3CCC2C1. The number of carboxylic acid groups (broad SMARTS) is 1. The second-order valence-corrected chi connectivity index (χ2v) is 5.69. The van der Waals surface area contributed by atoms with Crippen LogP contribution in [0.5, 0.6) is 0 Å². The lowest BCUT2D eigenvalue weighted by Gasteiger charge is -2.21. The van der Waals surface area contributed by atoms with E-state index in [1.807, 2.05) is 12.1 Å². The van der Waals surface area contributed by atoms with E-state index in [0.29, 0.717) is 12.3 Å². The van der Waals surface area contributed by atoms with Gasteiger partial charge in [0.25, 0.3) is 0 Å². The molecule has 4 rings (SSSR count). The number of allylic oxidation sites excluding steroid dienone is 2. The van der Waals surface area contributed by atoms with Crippen molar-refractivity contribution in [2.45, 2.75) is 25.7 Å². The van der Waals surface area contributed by atoms with Crippen LogP contribution in [0, 0.1) is 11.8 Å². The molecule has 1 aromatic carbocycles. The summed E-state index contributed by atoms with van der Waals surface area (Å²) in [7, 11) is 0. The Morgan fingerprint density at radius 3 is 3.00 bits per heavy atom. The Bertz CT molecular complexity index is 729. The van der Waals surface area contributed by atoms with Crippen LogP contribution < -0.4 is 10.6 Å². The summed E-state index contributed by atoms with van der Waals surface area (Å²) in [5, 5.41) is 11.5. The van der Waals surface area contributed by atoms with Gasteiger partial charge in [0.2, 0.25) is 0 Å². The molecule has 0 bridgehead atoms. The first-order chi connectivity index (χ1) is 9.24. The van der Waals surface area contributed by atoms with E-state index < -0.39 is 5.97 Å². The molecular weight excluding hydrogens is 238 g/mol. The summed E-state index contributed by atoms with van der Waals surface area (Å²) < 4.78 is 0. The van der Waals surface area contributed by atoms with E-state index in [9.17, 15) is 9.90 Å². The third kappa shape index (κ3) is 1.51. The molecule has 3 aliphatic rings. The van der Waals surface area contributed by atoms with Gasteiger partial charge in [0.15, 0.2) is 0 Å². The largest absolute Gasteiger partial charge is 0.481 e. The zero-order chi connectivity index (χ0) is 13.0. The molecule has 2 unspecified atom stereocenters. The Kier molecular flexibility index (Phi) is 2.19. The van der Waals surface area contributed by atoms with Crippen LogP contribution in [0.1, 0.15) is 25.7 Å². The molecule has 19 heavy (non-hydrogen) atoms. The van der Waals surface area contributed by atoms with Gasteiger partial charge in [-0.1, -0.05) is 18.2 Å². The van der Waals surface area contributed by atoms with Crippen LogP contribution in [-0.4, -0.2) is 11.1 Å². The predicted molar refractivity (Wildman–Crippen MR) is 70.7 cm³/mol. The van der Waals surface area contributed by atoms with Gasteiger partial charge < -0.3 is 5.11 Å². The van der Waals surface area contributed by atoms with Crippen LogP contribution in [0.2, 0.25) is 0 Å². The summed E-state index contributed by atoms with van der Waals surface area (Å²) in [4.78, 5) is 16.0. The zero-order valence-corrected chi connectivity index (χ0v) is 10.6. The Labute approximate surface area is 111 Å². The fourth-order valence-electron chi connectivity index (χ4n) is 3.75. The van der Waals surface area contributed by atoms with E-state index in [1.54, 1.807) is 0 Å². The van der Waals surface area contributed by atoms with Crippen LogP contribution in [0.3, 0.4) is 0 Å². The highest BCUT2D eigenvalue weighted by Crippen LogP contribution is 2.47. The van der Waals surface area contributed by atoms with Gasteiger partial charge in [-0.05, 0) is 48.8 Å². The molecule has 1 heterocycles. The van der Waals surface area contributed by atoms with Crippen LogP contribution in [0.4, 0.5) is 0 Å². The summed E-state index contributed by atoms with van der Waals surface area (Å²) in [5.41, 5.74) is 3.75.